The Labute approximate surface area is 170 Å². The Morgan fingerprint density at radius 3 is 2.17 bits per heavy atom. The molecule has 1 aromatic carbocycles. The summed E-state index contributed by atoms with van der Waals surface area (Å²) in [6, 6.07) is 6.13. The van der Waals surface area contributed by atoms with E-state index < -0.39 is 16.6 Å². The summed E-state index contributed by atoms with van der Waals surface area (Å²) in [6.07, 6.45) is 5.45. The second kappa shape index (κ2) is 8.45. The van der Waals surface area contributed by atoms with Crippen molar-refractivity contribution in [2.24, 2.45) is 0 Å². The molecule has 0 amide bonds. The van der Waals surface area contributed by atoms with Crippen LogP contribution in [0.25, 0.3) is 0 Å². The predicted octanol–water partition coefficient (Wildman–Crippen LogP) is 3.08. The molecule has 3 aliphatic rings. The molecule has 0 N–H and O–H groups in total. The predicted molar refractivity (Wildman–Crippen MR) is 104 cm³/mol. The minimum absolute atomic E-state index is 0.0111. The molecule has 0 saturated carbocycles. The molecule has 6 nitrogen and oxygen atoms in total. The van der Waals surface area contributed by atoms with E-state index in [2.05, 4.69) is 16.7 Å². The molecule has 0 aromatic heterocycles. The van der Waals surface area contributed by atoms with E-state index in [1.807, 2.05) is 0 Å². The molecule has 3 aliphatic heterocycles. The molecule has 9 heteroatoms. The number of benzene rings is 1. The van der Waals surface area contributed by atoms with Crippen LogP contribution >= 0.6 is 0 Å². The zero-order chi connectivity index (χ0) is 20.6. The van der Waals surface area contributed by atoms with Gasteiger partial charge in [-0.2, -0.15) is 13.1 Å². The SMILES string of the molecule is CN(C1CCOCC1)C1C[C@H]2CC[C@@H](C1)N2S(=O)(=O)c1ccc(OC(F)F)cc1. The largest absolute Gasteiger partial charge is 0.435 e. The quantitative estimate of drug-likeness (QED) is 0.694. The molecule has 3 saturated heterocycles. The average Bonchev–Trinajstić information content (AvgIpc) is 2.99. The smallest absolute Gasteiger partial charge is 0.387 e. The summed E-state index contributed by atoms with van der Waals surface area (Å²) in [5.41, 5.74) is 0. The lowest BCUT2D eigenvalue weighted by molar-refractivity contribution is -0.0498. The Balaban J connectivity index is 1.47. The molecule has 0 aliphatic carbocycles. The summed E-state index contributed by atoms with van der Waals surface area (Å²) < 4.78 is 62.7. The van der Waals surface area contributed by atoms with E-state index in [9.17, 15) is 17.2 Å². The number of hydrogen-bond donors (Lipinski definition) is 0. The van der Waals surface area contributed by atoms with Crippen molar-refractivity contribution in [1.29, 1.82) is 0 Å². The summed E-state index contributed by atoms with van der Waals surface area (Å²) in [7, 11) is -1.51. The highest BCUT2D eigenvalue weighted by Gasteiger charge is 2.48. The highest BCUT2D eigenvalue weighted by molar-refractivity contribution is 7.89. The van der Waals surface area contributed by atoms with Gasteiger partial charge >= 0.3 is 6.61 Å². The summed E-state index contributed by atoms with van der Waals surface area (Å²) in [5.74, 6) is -0.0429. The summed E-state index contributed by atoms with van der Waals surface area (Å²) >= 11 is 0. The second-order valence-corrected chi connectivity index (χ2v) is 10.0. The van der Waals surface area contributed by atoms with E-state index >= 15 is 0 Å². The summed E-state index contributed by atoms with van der Waals surface area (Å²) in [4.78, 5) is 2.57. The fraction of sp³-hybridized carbons (Fsp3) is 0.700. The number of ether oxygens (including phenoxy) is 2. The molecule has 1 aromatic rings. The van der Waals surface area contributed by atoms with Gasteiger partial charge in [-0.3, -0.25) is 0 Å². The average molecular weight is 431 g/mol. The van der Waals surface area contributed by atoms with Crippen molar-refractivity contribution in [1.82, 2.24) is 9.21 Å². The van der Waals surface area contributed by atoms with Crippen LogP contribution in [0, 0.1) is 0 Å². The van der Waals surface area contributed by atoms with Crippen molar-refractivity contribution < 1.29 is 26.7 Å². The Morgan fingerprint density at radius 1 is 1.03 bits per heavy atom. The molecular weight excluding hydrogens is 402 g/mol. The number of rotatable bonds is 6. The van der Waals surface area contributed by atoms with E-state index in [0.29, 0.717) is 12.1 Å². The van der Waals surface area contributed by atoms with Gasteiger partial charge in [0.15, 0.2) is 0 Å². The van der Waals surface area contributed by atoms with Crippen molar-refractivity contribution in [3.63, 3.8) is 0 Å². The lowest BCUT2D eigenvalue weighted by Crippen LogP contribution is -2.54. The molecule has 3 fully saturated rings. The van der Waals surface area contributed by atoms with Gasteiger partial charge in [-0.1, -0.05) is 0 Å². The molecule has 3 atom stereocenters. The van der Waals surface area contributed by atoms with E-state index in [4.69, 9.17) is 4.74 Å². The minimum Gasteiger partial charge on any atom is -0.435 e. The lowest BCUT2D eigenvalue weighted by atomic mass is 9.95. The Bertz CT molecular complexity index is 785. The monoisotopic (exact) mass is 430 g/mol. The van der Waals surface area contributed by atoms with Crippen LogP contribution in [0.4, 0.5) is 8.78 Å². The van der Waals surface area contributed by atoms with Gasteiger partial charge in [-0.25, -0.2) is 8.42 Å². The first-order chi connectivity index (χ1) is 13.9. The third kappa shape index (κ3) is 4.28. The van der Waals surface area contributed by atoms with E-state index in [-0.39, 0.29) is 22.7 Å². The number of nitrogens with zero attached hydrogens (tertiary/aromatic N) is 2. The van der Waals surface area contributed by atoms with Crippen LogP contribution in [0.5, 0.6) is 5.75 Å². The maximum absolute atomic E-state index is 13.3. The van der Waals surface area contributed by atoms with Crippen LogP contribution in [0.15, 0.2) is 29.2 Å². The van der Waals surface area contributed by atoms with Gasteiger partial charge in [0.05, 0.1) is 4.90 Å². The normalized spacial score (nSPS) is 28.9. The standard InChI is InChI=1S/C20H28F2N2O4S/c1-23(14-8-10-27-11-9-14)17-12-15-2-3-16(13-17)24(15)29(25,26)19-6-4-18(5-7-19)28-20(21)22/h4-7,14-17,20H,2-3,8-13H2,1H3/t15-,16+,17?. The van der Waals surface area contributed by atoms with Crippen molar-refractivity contribution in [2.75, 3.05) is 20.3 Å². The number of hydrogen-bond acceptors (Lipinski definition) is 5. The highest BCUT2D eigenvalue weighted by atomic mass is 32.2. The molecule has 3 heterocycles. The van der Waals surface area contributed by atoms with Gasteiger partial charge in [0.2, 0.25) is 10.0 Å². The molecule has 4 rings (SSSR count). The Morgan fingerprint density at radius 2 is 1.62 bits per heavy atom. The van der Waals surface area contributed by atoms with Crippen LogP contribution in [0.3, 0.4) is 0 Å². The fourth-order valence-electron chi connectivity index (χ4n) is 5.14. The van der Waals surface area contributed by atoms with Crippen molar-refractivity contribution in [2.45, 2.75) is 74.2 Å². The molecule has 0 radical (unpaired) electrons. The van der Waals surface area contributed by atoms with E-state index in [1.165, 1.54) is 24.3 Å². The third-order valence-electron chi connectivity index (χ3n) is 6.61. The van der Waals surface area contributed by atoms with Gasteiger partial charge in [0.1, 0.15) is 5.75 Å². The minimum atomic E-state index is -3.67. The maximum Gasteiger partial charge on any atom is 0.387 e. The van der Waals surface area contributed by atoms with Crippen LogP contribution in [-0.2, 0) is 14.8 Å². The molecule has 29 heavy (non-hydrogen) atoms. The second-order valence-electron chi connectivity index (χ2n) is 8.20. The van der Waals surface area contributed by atoms with Crippen molar-refractivity contribution in [3.05, 3.63) is 24.3 Å². The number of alkyl halides is 2. The number of halogens is 2. The zero-order valence-electron chi connectivity index (χ0n) is 16.5. The maximum atomic E-state index is 13.3. The van der Waals surface area contributed by atoms with Crippen LogP contribution < -0.4 is 4.74 Å². The van der Waals surface area contributed by atoms with Gasteiger partial charge in [0, 0.05) is 37.4 Å². The van der Waals surface area contributed by atoms with Crippen LogP contribution in [0.2, 0.25) is 0 Å². The van der Waals surface area contributed by atoms with Crippen LogP contribution in [0.1, 0.15) is 38.5 Å². The zero-order valence-corrected chi connectivity index (χ0v) is 17.4. The summed E-state index contributed by atoms with van der Waals surface area (Å²) in [5, 5.41) is 0. The van der Waals surface area contributed by atoms with Gasteiger partial charge in [-0.05, 0) is 69.8 Å². The third-order valence-corrected chi connectivity index (χ3v) is 8.63. The molecular formula is C20H28F2N2O4S. The Hall–Kier alpha value is -1.29. The Kier molecular flexibility index (Phi) is 6.11. The number of piperidine rings is 1. The molecule has 1 unspecified atom stereocenters. The van der Waals surface area contributed by atoms with E-state index in [0.717, 1.165) is 51.7 Å². The van der Waals surface area contributed by atoms with Gasteiger partial charge in [-0.15, -0.1) is 0 Å². The lowest BCUT2D eigenvalue weighted by Gasteiger charge is -2.44. The van der Waals surface area contributed by atoms with Crippen molar-refractivity contribution in [3.8, 4) is 5.75 Å². The number of fused-ring (bicyclic) bond motifs is 2. The molecule has 2 bridgehead atoms. The van der Waals surface area contributed by atoms with Gasteiger partial charge < -0.3 is 14.4 Å². The van der Waals surface area contributed by atoms with Crippen LogP contribution in [-0.4, -0.2) is 68.7 Å². The first-order valence-corrected chi connectivity index (χ1v) is 11.7. The van der Waals surface area contributed by atoms with Crippen molar-refractivity contribution >= 4 is 10.0 Å². The molecule has 162 valence electrons. The highest BCUT2D eigenvalue weighted by Crippen LogP contribution is 2.41. The fourth-order valence-corrected chi connectivity index (χ4v) is 7.03. The first kappa shape index (κ1) is 21.0. The first-order valence-electron chi connectivity index (χ1n) is 10.2. The molecule has 0 spiro atoms. The van der Waals surface area contributed by atoms with Gasteiger partial charge in [0.25, 0.3) is 0 Å². The topological polar surface area (TPSA) is 59.1 Å². The summed E-state index contributed by atoms with van der Waals surface area (Å²) in [6.45, 7) is -1.35. The number of sulfonamides is 1. The van der Waals surface area contributed by atoms with E-state index in [1.54, 1.807) is 4.31 Å².